The van der Waals surface area contributed by atoms with E-state index >= 15 is 0 Å². The van der Waals surface area contributed by atoms with Crippen LogP contribution in [0.15, 0.2) is 36.4 Å². The molecule has 0 saturated heterocycles. The summed E-state index contributed by atoms with van der Waals surface area (Å²) in [5.74, 6) is -1.60. The Morgan fingerprint density at radius 2 is 1.95 bits per heavy atom. The summed E-state index contributed by atoms with van der Waals surface area (Å²) in [5, 5.41) is 9.23. The Hall–Kier alpha value is -1.78. The molecule has 104 valence electrons. The number of benzene rings is 2. The summed E-state index contributed by atoms with van der Waals surface area (Å²) in [6.07, 6.45) is 0. The molecule has 0 aromatic heterocycles. The highest BCUT2D eigenvalue weighted by molar-refractivity contribution is 6.32. The third-order valence-corrected chi connectivity index (χ3v) is 3.15. The molecule has 0 radical (unpaired) electrons. The molecule has 0 fully saturated rings. The second kappa shape index (κ2) is 6.11. The molecule has 0 aliphatic heterocycles. The van der Waals surface area contributed by atoms with Crippen LogP contribution in [0.4, 0.5) is 4.39 Å². The minimum atomic E-state index is -1.14. The molecule has 6 heteroatoms. The summed E-state index contributed by atoms with van der Waals surface area (Å²) in [6, 6.07) is 8.56. The highest BCUT2D eigenvalue weighted by atomic mass is 35.5. The van der Waals surface area contributed by atoms with Gasteiger partial charge in [0.1, 0.15) is 18.0 Å². The maximum atomic E-state index is 13.0. The van der Waals surface area contributed by atoms with Crippen LogP contribution < -0.4 is 4.74 Å². The van der Waals surface area contributed by atoms with Crippen LogP contribution in [-0.2, 0) is 6.61 Å². The Balaban J connectivity index is 2.22. The molecule has 20 heavy (non-hydrogen) atoms. The van der Waals surface area contributed by atoms with Crippen LogP contribution in [0.2, 0.25) is 10.0 Å². The lowest BCUT2D eigenvalue weighted by atomic mass is 10.2. The molecule has 2 rings (SSSR count). The molecule has 0 heterocycles. The van der Waals surface area contributed by atoms with Crippen LogP contribution in [0.3, 0.4) is 0 Å². The van der Waals surface area contributed by atoms with Crippen LogP contribution in [0.25, 0.3) is 0 Å². The molecule has 0 atom stereocenters. The van der Waals surface area contributed by atoms with Gasteiger partial charge in [-0.3, -0.25) is 0 Å². The van der Waals surface area contributed by atoms with Crippen molar-refractivity contribution in [1.29, 1.82) is 0 Å². The standard InChI is InChI=1S/C14H9Cl2FO3/c15-10-3-1-2-9(14(18)19)13(10)20-7-8-4-5-12(17)11(16)6-8/h1-6H,7H2,(H,18,19). The molecular weight excluding hydrogens is 306 g/mol. The maximum Gasteiger partial charge on any atom is 0.339 e. The van der Waals surface area contributed by atoms with Crippen molar-refractivity contribution in [2.24, 2.45) is 0 Å². The van der Waals surface area contributed by atoms with Crippen molar-refractivity contribution in [3.8, 4) is 5.75 Å². The topological polar surface area (TPSA) is 46.5 Å². The van der Waals surface area contributed by atoms with E-state index in [1.807, 2.05) is 0 Å². The average molecular weight is 315 g/mol. The third-order valence-electron chi connectivity index (χ3n) is 2.56. The van der Waals surface area contributed by atoms with E-state index in [0.29, 0.717) is 5.56 Å². The number of para-hydroxylation sites is 1. The number of carboxylic acids is 1. The van der Waals surface area contributed by atoms with Crippen molar-refractivity contribution >= 4 is 29.2 Å². The Morgan fingerprint density at radius 1 is 1.20 bits per heavy atom. The average Bonchev–Trinajstić information content (AvgIpc) is 2.40. The molecule has 2 aromatic carbocycles. The minimum absolute atomic E-state index is 0.0243. The van der Waals surface area contributed by atoms with Crippen LogP contribution in [0, 0.1) is 5.82 Å². The number of carboxylic acid groups (broad SMARTS) is 1. The van der Waals surface area contributed by atoms with Crippen LogP contribution in [0.5, 0.6) is 5.75 Å². The zero-order valence-corrected chi connectivity index (χ0v) is 11.6. The Labute approximate surface area is 124 Å². The first-order chi connectivity index (χ1) is 9.49. The highest BCUT2D eigenvalue weighted by Crippen LogP contribution is 2.29. The Morgan fingerprint density at radius 3 is 2.60 bits per heavy atom. The summed E-state index contributed by atoms with van der Waals surface area (Å²) < 4.78 is 18.4. The van der Waals surface area contributed by atoms with Crippen molar-refractivity contribution in [3.63, 3.8) is 0 Å². The van der Waals surface area contributed by atoms with E-state index in [1.165, 1.54) is 36.4 Å². The van der Waals surface area contributed by atoms with Crippen molar-refractivity contribution in [3.05, 3.63) is 63.4 Å². The minimum Gasteiger partial charge on any atom is -0.486 e. The fourth-order valence-electron chi connectivity index (χ4n) is 1.61. The van der Waals surface area contributed by atoms with Gasteiger partial charge in [-0.25, -0.2) is 9.18 Å². The molecule has 0 saturated carbocycles. The van der Waals surface area contributed by atoms with Crippen molar-refractivity contribution in [1.82, 2.24) is 0 Å². The molecule has 0 amide bonds. The van der Waals surface area contributed by atoms with Gasteiger partial charge in [0.15, 0.2) is 5.75 Å². The summed E-state index contributed by atoms with van der Waals surface area (Å²) >= 11 is 11.6. The van der Waals surface area contributed by atoms with Gasteiger partial charge < -0.3 is 9.84 Å². The summed E-state index contributed by atoms with van der Waals surface area (Å²) in [6.45, 7) is 0.0318. The van der Waals surface area contributed by atoms with E-state index in [1.54, 1.807) is 0 Å². The molecule has 0 aliphatic rings. The lowest BCUT2D eigenvalue weighted by molar-refractivity contribution is 0.0692. The second-order valence-corrected chi connectivity index (χ2v) is 4.77. The normalized spacial score (nSPS) is 10.3. The van der Waals surface area contributed by atoms with Gasteiger partial charge in [-0.05, 0) is 29.8 Å². The first kappa shape index (κ1) is 14.6. The number of aromatic carboxylic acids is 1. The van der Waals surface area contributed by atoms with Crippen molar-refractivity contribution in [2.75, 3.05) is 0 Å². The van der Waals surface area contributed by atoms with Gasteiger partial charge in [0, 0.05) is 0 Å². The largest absolute Gasteiger partial charge is 0.486 e. The molecule has 0 unspecified atom stereocenters. The fraction of sp³-hybridized carbons (Fsp3) is 0.0714. The molecule has 3 nitrogen and oxygen atoms in total. The lowest BCUT2D eigenvalue weighted by Crippen LogP contribution is -2.04. The van der Waals surface area contributed by atoms with Crippen LogP contribution >= 0.6 is 23.2 Å². The number of ether oxygens (including phenoxy) is 1. The first-order valence-electron chi connectivity index (χ1n) is 5.57. The second-order valence-electron chi connectivity index (χ2n) is 3.96. The lowest BCUT2D eigenvalue weighted by Gasteiger charge is -2.11. The predicted octanol–water partition coefficient (Wildman–Crippen LogP) is 4.41. The van der Waals surface area contributed by atoms with Gasteiger partial charge >= 0.3 is 5.97 Å². The predicted molar refractivity (Wildman–Crippen MR) is 74.2 cm³/mol. The van der Waals surface area contributed by atoms with Gasteiger partial charge in [0.25, 0.3) is 0 Å². The highest BCUT2D eigenvalue weighted by Gasteiger charge is 2.14. The summed E-state index contributed by atoms with van der Waals surface area (Å²) in [7, 11) is 0. The maximum absolute atomic E-state index is 13.0. The van der Waals surface area contributed by atoms with E-state index < -0.39 is 11.8 Å². The van der Waals surface area contributed by atoms with E-state index in [0.717, 1.165) is 0 Å². The quantitative estimate of drug-likeness (QED) is 0.909. The molecule has 1 N–H and O–H groups in total. The van der Waals surface area contributed by atoms with Crippen molar-refractivity contribution < 1.29 is 19.0 Å². The number of carbonyl (C=O) groups is 1. The van der Waals surface area contributed by atoms with Crippen molar-refractivity contribution in [2.45, 2.75) is 6.61 Å². The monoisotopic (exact) mass is 314 g/mol. The van der Waals surface area contributed by atoms with Gasteiger partial charge in [-0.2, -0.15) is 0 Å². The van der Waals surface area contributed by atoms with Gasteiger partial charge in [-0.15, -0.1) is 0 Å². The van der Waals surface area contributed by atoms with E-state index in [4.69, 9.17) is 33.0 Å². The molecular formula is C14H9Cl2FO3. The molecule has 0 aliphatic carbocycles. The first-order valence-corrected chi connectivity index (χ1v) is 6.33. The van der Waals surface area contributed by atoms with Gasteiger partial charge in [-0.1, -0.05) is 35.3 Å². The number of hydrogen-bond acceptors (Lipinski definition) is 2. The summed E-state index contributed by atoms with van der Waals surface area (Å²) in [4.78, 5) is 11.1. The van der Waals surface area contributed by atoms with Gasteiger partial charge in [0.2, 0.25) is 0 Å². The van der Waals surface area contributed by atoms with E-state index in [2.05, 4.69) is 0 Å². The van der Waals surface area contributed by atoms with Gasteiger partial charge in [0.05, 0.1) is 10.0 Å². The van der Waals surface area contributed by atoms with E-state index in [-0.39, 0.29) is 28.0 Å². The van der Waals surface area contributed by atoms with Crippen LogP contribution in [0.1, 0.15) is 15.9 Å². The number of rotatable bonds is 4. The Bertz CT molecular complexity index is 659. The Kier molecular flexibility index (Phi) is 4.47. The SMILES string of the molecule is O=C(O)c1cccc(Cl)c1OCc1ccc(F)c(Cl)c1. The summed E-state index contributed by atoms with van der Waals surface area (Å²) in [5.41, 5.74) is 0.568. The zero-order chi connectivity index (χ0) is 14.7. The fourth-order valence-corrected chi connectivity index (χ4v) is 2.04. The molecule has 2 aromatic rings. The molecule has 0 spiro atoms. The number of hydrogen-bond donors (Lipinski definition) is 1. The number of halogens is 3. The van der Waals surface area contributed by atoms with E-state index in [9.17, 15) is 9.18 Å². The third kappa shape index (κ3) is 3.21. The molecule has 0 bridgehead atoms. The van der Waals surface area contributed by atoms with Crippen LogP contribution in [-0.4, -0.2) is 11.1 Å². The zero-order valence-electron chi connectivity index (χ0n) is 10.1. The smallest absolute Gasteiger partial charge is 0.339 e.